The fourth-order valence-electron chi connectivity index (χ4n) is 2.32. The second-order valence-corrected chi connectivity index (χ2v) is 5.63. The molecule has 2 rings (SSSR count). The molecule has 0 aliphatic heterocycles. The van der Waals surface area contributed by atoms with Crippen LogP contribution in [-0.4, -0.2) is 7.05 Å². The molecule has 2 aromatic rings. The molecular weight excluding hydrogens is 296 g/mol. The van der Waals surface area contributed by atoms with Crippen molar-refractivity contribution in [2.45, 2.75) is 19.4 Å². The van der Waals surface area contributed by atoms with Crippen molar-refractivity contribution < 1.29 is 4.39 Å². The van der Waals surface area contributed by atoms with Crippen LogP contribution >= 0.6 is 23.2 Å². The molecule has 0 saturated carbocycles. The summed E-state index contributed by atoms with van der Waals surface area (Å²) >= 11 is 12.1. The number of rotatable bonds is 4. The first-order valence-electron chi connectivity index (χ1n) is 6.38. The summed E-state index contributed by atoms with van der Waals surface area (Å²) in [6.45, 7) is 2.01. The van der Waals surface area contributed by atoms with Gasteiger partial charge in [0.1, 0.15) is 5.82 Å². The highest BCUT2D eigenvalue weighted by molar-refractivity contribution is 6.31. The second kappa shape index (κ2) is 6.57. The fraction of sp³-hybridized carbons (Fsp3) is 0.250. The lowest BCUT2D eigenvalue weighted by Crippen LogP contribution is -2.20. The van der Waals surface area contributed by atoms with Crippen LogP contribution in [-0.2, 0) is 6.42 Å². The standard InChI is InChI=1S/C16H16Cl2FN/c1-10-7-12(17)3-5-14(10)16(20-2)9-11-8-13(19)4-6-15(11)18/h3-8,16,20H,9H2,1-2H3. The highest BCUT2D eigenvalue weighted by Crippen LogP contribution is 2.27. The highest BCUT2D eigenvalue weighted by atomic mass is 35.5. The molecule has 1 atom stereocenters. The number of benzene rings is 2. The molecule has 0 saturated heterocycles. The van der Waals surface area contributed by atoms with Crippen molar-refractivity contribution in [3.63, 3.8) is 0 Å². The number of likely N-dealkylation sites (N-methyl/N-ethyl adjacent to an activating group) is 1. The lowest BCUT2D eigenvalue weighted by molar-refractivity contribution is 0.582. The summed E-state index contributed by atoms with van der Waals surface area (Å²) in [6, 6.07) is 10.3. The Bertz CT molecular complexity index is 613. The topological polar surface area (TPSA) is 12.0 Å². The number of halogens is 3. The zero-order valence-corrected chi connectivity index (χ0v) is 12.9. The van der Waals surface area contributed by atoms with Gasteiger partial charge in [-0.1, -0.05) is 29.3 Å². The number of hydrogen-bond donors (Lipinski definition) is 1. The summed E-state index contributed by atoms with van der Waals surface area (Å²) in [7, 11) is 1.88. The summed E-state index contributed by atoms with van der Waals surface area (Å²) in [4.78, 5) is 0. The van der Waals surface area contributed by atoms with E-state index in [1.165, 1.54) is 12.1 Å². The molecule has 2 aromatic carbocycles. The third kappa shape index (κ3) is 3.51. The third-order valence-corrected chi connectivity index (χ3v) is 3.99. The van der Waals surface area contributed by atoms with Crippen molar-refractivity contribution >= 4 is 23.2 Å². The van der Waals surface area contributed by atoms with Crippen LogP contribution < -0.4 is 5.32 Å². The summed E-state index contributed by atoms with van der Waals surface area (Å²) in [5.74, 6) is -0.271. The van der Waals surface area contributed by atoms with Crippen LogP contribution in [0.3, 0.4) is 0 Å². The molecule has 1 nitrogen and oxygen atoms in total. The zero-order valence-electron chi connectivity index (χ0n) is 11.4. The Morgan fingerprint density at radius 3 is 2.55 bits per heavy atom. The first-order valence-corrected chi connectivity index (χ1v) is 7.14. The highest BCUT2D eigenvalue weighted by Gasteiger charge is 2.15. The largest absolute Gasteiger partial charge is 0.313 e. The van der Waals surface area contributed by atoms with E-state index in [9.17, 15) is 4.39 Å². The number of nitrogens with one attached hydrogen (secondary N) is 1. The van der Waals surface area contributed by atoms with Crippen LogP contribution in [0.15, 0.2) is 36.4 Å². The van der Waals surface area contributed by atoms with Gasteiger partial charge in [-0.25, -0.2) is 4.39 Å². The van der Waals surface area contributed by atoms with Crippen molar-refractivity contribution in [1.82, 2.24) is 5.32 Å². The number of hydrogen-bond acceptors (Lipinski definition) is 1. The van der Waals surface area contributed by atoms with E-state index in [-0.39, 0.29) is 11.9 Å². The number of aryl methyl sites for hydroxylation is 1. The summed E-state index contributed by atoms with van der Waals surface area (Å²) in [6.07, 6.45) is 0.621. The van der Waals surface area contributed by atoms with Gasteiger partial charge in [0.05, 0.1) is 0 Å². The molecule has 1 N–H and O–H groups in total. The Morgan fingerprint density at radius 1 is 1.15 bits per heavy atom. The quantitative estimate of drug-likeness (QED) is 0.843. The molecule has 0 heterocycles. The van der Waals surface area contributed by atoms with Crippen LogP contribution in [0.2, 0.25) is 10.0 Å². The van der Waals surface area contributed by atoms with Crippen molar-refractivity contribution in [1.29, 1.82) is 0 Å². The van der Waals surface area contributed by atoms with Crippen LogP contribution in [0, 0.1) is 12.7 Å². The summed E-state index contributed by atoms with van der Waals surface area (Å²) < 4.78 is 13.3. The van der Waals surface area contributed by atoms with Gasteiger partial charge in [-0.05, 0) is 67.4 Å². The van der Waals surface area contributed by atoms with Crippen molar-refractivity contribution in [2.75, 3.05) is 7.05 Å². The van der Waals surface area contributed by atoms with Crippen molar-refractivity contribution in [3.05, 3.63) is 69.0 Å². The first-order chi connectivity index (χ1) is 9.51. The van der Waals surface area contributed by atoms with Gasteiger partial charge in [-0.3, -0.25) is 0 Å². The predicted molar refractivity (Wildman–Crippen MR) is 83.1 cm³/mol. The Hall–Kier alpha value is -1.09. The van der Waals surface area contributed by atoms with Gasteiger partial charge in [0, 0.05) is 16.1 Å². The lowest BCUT2D eigenvalue weighted by atomic mass is 9.95. The SMILES string of the molecule is CNC(Cc1cc(F)ccc1Cl)c1ccc(Cl)cc1C. The van der Waals surface area contributed by atoms with Gasteiger partial charge in [0.25, 0.3) is 0 Å². The average molecular weight is 312 g/mol. The van der Waals surface area contributed by atoms with Crippen molar-refractivity contribution in [3.8, 4) is 0 Å². The molecule has 106 valence electrons. The Morgan fingerprint density at radius 2 is 1.90 bits per heavy atom. The first kappa shape index (κ1) is 15.3. The molecule has 0 amide bonds. The maximum Gasteiger partial charge on any atom is 0.123 e. The molecule has 1 unspecified atom stereocenters. The van der Waals surface area contributed by atoms with E-state index in [4.69, 9.17) is 23.2 Å². The summed E-state index contributed by atoms with van der Waals surface area (Å²) in [5, 5.41) is 4.54. The van der Waals surface area contributed by atoms with Gasteiger partial charge in [0.15, 0.2) is 0 Å². The van der Waals surface area contributed by atoms with E-state index in [1.54, 1.807) is 6.07 Å². The monoisotopic (exact) mass is 311 g/mol. The minimum atomic E-state index is -0.271. The minimum absolute atomic E-state index is 0.0616. The molecule has 0 aromatic heterocycles. The molecular formula is C16H16Cl2FN. The van der Waals surface area contributed by atoms with E-state index in [0.717, 1.165) is 16.7 Å². The van der Waals surface area contributed by atoms with Crippen LogP contribution in [0.4, 0.5) is 4.39 Å². The molecule has 4 heteroatoms. The second-order valence-electron chi connectivity index (χ2n) is 4.78. The van der Waals surface area contributed by atoms with Gasteiger partial charge in [-0.2, -0.15) is 0 Å². The van der Waals surface area contributed by atoms with Crippen LogP contribution in [0.5, 0.6) is 0 Å². The molecule has 0 radical (unpaired) electrons. The lowest BCUT2D eigenvalue weighted by Gasteiger charge is -2.20. The zero-order chi connectivity index (χ0) is 14.7. The van der Waals surface area contributed by atoms with Gasteiger partial charge in [0.2, 0.25) is 0 Å². The molecule has 0 fully saturated rings. The van der Waals surface area contributed by atoms with Gasteiger partial charge in [-0.15, -0.1) is 0 Å². The molecule has 0 bridgehead atoms. The van der Waals surface area contributed by atoms with Crippen LogP contribution in [0.1, 0.15) is 22.7 Å². The smallest absolute Gasteiger partial charge is 0.123 e. The van der Waals surface area contributed by atoms with Gasteiger partial charge < -0.3 is 5.32 Å². The maximum absolute atomic E-state index is 13.3. The predicted octanol–water partition coefficient (Wildman–Crippen LogP) is 4.94. The Labute approximate surface area is 128 Å². The van der Waals surface area contributed by atoms with Gasteiger partial charge >= 0.3 is 0 Å². The normalized spacial score (nSPS) is 12.4. The Kier molecular flexibility index (Phi) is 5.03. The average Bonchev–Trinajstić information content (AvgIpc) is 2.40. The summed E-state index contributed by atoms with van der Waals surface area (Å²) in [5.41, 5.74) is 3.03. The molecule has 20 heavy (non-hydrogen) atoms. The van der Waals surface area contributed by atoms with Crippen molar-refractivity contribution in [2.24, 2.45) is 0 Å². The maximum atomic E-state index is 13.3. The molecule has 0 aliphatic carbocycles. The fourth-order valence-corrected chi connectivity index (χ4v) is 2.74. The van der Waals surface area contributed by atoms with E-state index >= 15 is 0 Å². The van der Waals surface area contributed by atoms with E-state index in [2.05, 4.69) is 5.32 Å². The van der Waals surface area contributed by atoms with Crippen LogP contribution in [0.25, 0.3) is 0 Å². The van der Waals surface area contributed by atoms with E-state index in [0.29, 0.717) is 16.5 Å². The van der Waals surface area contributed by atoms with E-state index in [1.807, 2.05) is 32.2 Å². The molecule has 0 aliphatic rings. The Balaban J connectivity index is 2.31. The van der Waals surface area contributed by atoms with E-state index < -0.39 is 0 Å². The molecule has 0 spiro atoms. The third-order valence-electron chi connectivity index (χ3n) is 3.39. The minimum Gasteiger partial charge on any atom is -0.313 e.